The van der Waals surface area contributed by atoms with Gasteiger partial charge in [0, 0.05) is 13.0 Å². The highest BCUT2D eigenvalue weighted by atomic mass is 16.5. The Labute approximate surface area is 206 Å². The zero-order valence-electron chi connectivity index (χ0n) is 20.0. The quantitative estimate of drug-likeness (QED) is 0.232. The second-order valence-corrected chi connectivity index (χ2v) is 7.96. The van der Waals surface area contributed by atoms with Gasteiger partial charge in [-0.05, 0) is 49.2 Å². The molecule has 0 aromatic heterocycles. The van der Waals surface area contributed by atoms with Gasteiger partial charge in [-0.3, -0.25) is 9.59 Å². The van der Waals surface area contributed by atoms with Gasteiger partial charge in [-0.25, -0.2) is 0 Å². The van der Waals surface area contributed by atoms with Gasteiger partial charge in [-0.2, -0.15) is 0 Å². The number of nitrogens with two attached hydrogens (primary N) is 1. The molecule has 0 aliphatic carbocycles. The number of carbonyl (C=O) groups is 2. The zero-order valence-corrected chi connectivity index (χ0v) is 20.0. The van der Waals surface area contributed by atoms with Crippen LogP contribution in [0.4, 0.5) is 0 Å². The van der Waals surface area contributed by atoms with Crippen molar-refractivity contribution in [1.29, 1.82) is 0 Å². The zero-order chi connectivity index (χ0) is 25.5. The number of carbonyl (C=O) groups excluding carboxylic acids is 2. The number of hydrogen-bond donors (Lipinski definition) is 4. The fourth-order valence-electron chi connectivity index (χ4n) is 3.23. The molecule has 7 nitrogen and oxygen atoms in total. The van der Waals surface area contributed by atoms with E-state index in [9.17, 15) is 14.7 Å². The predicted molar refractivity (Wildman–Crippen MR) is 137 cm³/mol. The topological polar surface area (TPSA) is 122 Å². The Morgan fingerprint density at radius 3 is 2.20 bits per heavy atom. The van der Waals surface area contributed by atoms with Gasteiger partial charge in [-0.1, -0.05) is 61.5 Å². The Bertz CT molecular complexity index is 1060. The largest absolute Gasteiger partial charge is 0.507 e. The number of hydrogen-bond acceptors (Lipinski definition) is 6. The highest BCUT2D eigenvalue weighted by Gasteiger charge is 2.13. The van der Waals surface area contributed by atoms with Gasteiger partial charge >= 0.3 is 0 Å². The van der Waals surface area contributed by atoms with Crippen LogP contribution in [0.15, 0.2) is 78.9 Å². The van der Waals surface area contributed by atoms with Crippen molar-refractivity contribution >= 4 is 11.7 Å². The SMILES string of the molecule is CCCNCC(O)COc1ccccc1C(=O)CCc1ccccc1.NC(=O)c1ccccc1O. The summed E-state index contributed by atoms with van der Waals surface area (Å²) >= 11 is 0. The van der Waals surface area contributed by atoms with E-state index in [4.69, 9.17) is 15.6 Å². The minimum atomic E-state index is -0.613. The molecule has 0 fully saturated rings. The molecule has 0 saturated carbocycles. The number of rotatable bonds is 12. The van der Waals surface area contributed by atoms with Gasteiger partial charge < -0.3 is 26.0 Å². The minimum absolute atomic E-state index is 0.0538. The molecule has 3 rings (SSSR count). The van der Waals surface area contributed by atoms with Gasteiger partial charge in [0.25, 0.3) is 5.91 Å². The van der Waals surface area contributed by atoms with Crippen LogP contribution in [0, 0.1) is 0 Å². The summed E-state index contributed by atoms with van der Waals surface area (Å²) in [7, 11) is 0. The summed E-state index contributed by atoms with van der Waals surface area (Å²) in [6.45, 7) is 3.59. The maximum absolute atomic E-state index is 12.5. The average Bonchev–Trinajstić information content (AvgIpc) is 2.87. The summed E-state index contributed by atoms with van der Waals surface area (Å²) in [6.07, 6.45) is 1.56. The molecule has 0 aliphatic rings. The predicted octanol–water partition coefficient (Wildman–Crippen LogP) is 3.73. The molecular formula is C28H34N2O5. The Kier molecular flexibility index (Phi) is 12.0. The first-order chi connectivity index (χ1) is 16.9. The smallest absolute Gasteiger partial charge is 0.252 e. The standard InChI is InChI=1S/C21H27NO3.C7H7NO2/c1-2-14-22-15-18(23)16-25-21-11-7-6-10-19(21)20(24)13-12-17-8-4-3-5-9-17;8-7(10)5-3-1-2-4-6(5)9/h3-11,18,22-23H,2,12-16H2,1H3;1-4,9H,(H2,8,10). The lowest BCUT2D eigenvalue weighted by molar-refractivity contribution is 0.0949. The van der Waals surface area contributed by atoms with E-state index >= 15 is 0 Å². The van der Waals surface area contributed by atoms with Crippen molar-refractivity contribution in [3.8, 4) is 11.5 Å². The van der Waals surface area contributed by atoms with Crippen LogP contribution in [0.1, 0.15) is 46.0 Å². The Morgan fingerprint density at radius 2 is 1.57 bits per heavy atom. The summed E-state index contributed by atoms with van der Waals surface area (Å²) in [5.41, 5.74) is 6.79. The average molecular weight is 479 g/mol. The lowest BCUT2D eigenvalue weighted by Crippen LogP contribution is -2.32. The highest BCUT2D eigenvalue weighted by Crippen LogP contribution is 2.21. The molecule has 1 atom stereocenters. The van der Waals surface area contributed by atoms with E-state index in [2.05, 4.69) is 12.2 Å². The number of nitrogens with one attached hydrogen (secondary N) is 1. The van der Waals surface area contributed by atoms with Crippen LogP contribution in [0.5, 0.6) is 11.5 Å². The molecule has 0 spiro atoms. The molecule has 0 heterocycles. The van der Waals surface area contributed by atoms with E-state index < -0.39 is 12.0 Å². The van der Waals surface area contributed by atoms with Crippen molar-refractivity contribution in [2.24, 2.45) is 5.73 Å². The summed E-state index contributed by atoms with van der Waals surface area (Å²) in [6, 6.07) is 23.4. The van der Waals surface area contributed by atoms with Crippen molar-refractivity contribution in [1.82, 2.24) is 5.32 Å². The van der Waals surface area contributed by atoms with Gasteiger partial charge in [0.05, 0.1) is 11.1 Å². The first-order valence-electron chi connectivity index (χ1n) is 11.7. The van der Waals surface area contributed by atoms with E-state index in [0.29, 0.717) is 30.7 Å². The molecule has 1 unspecified atom stereocenters. The molecule has 3 aromatic rings. The first-order valence-corrected chi connectivity index (χ1v) is 11.7. The molecule has 5 N–H and O–H groups in total. The fourth-order valence-corrected chi connectivity index (χ4v) is 3.23. The molecule has 0 saturated heterocycles. The van der Waals surface area contributed by atoms with Gasteiger partial charge in [-0.15, -0.1) is 0 Å². The number of aliphatic hydroxyl groups is 1. The third-order valence-electron chi connectivity index (χ3n) is 5.08. The van der Waals surface area contributed by atoms with Crippen molar-refractivity contribution in [2.45, 2.75) is 32.3 Å². The maximum Gasteiger partial charge on any atom is 0.252 e. The summed E-state index contributed by atoms with van der Waals surface area (Å²) in [5, 5.41) is 22.1. The van der Waals surface area contributed by atoms with Crippen LogP contribution in [0.25, 0.3) is 0 Å². The van der Waals surface area contributed by atoms with E-state index in [0.717, 1.165) is 18.5 Å². The fraction of sp³-hybridized carbons (Fsp3) is 0.286. The number of ether oxygens (including phenoxy) is 1. The first kappa shape index (κ1) is 27.6. The lowest BCUT2D eigenvalue weighted by Gasteiger charge is -2.15. The number of primary amides is 1. The van der Waals surface area contributed by atoms with E-state index in [-0.39, 0.29) is 23.7 Å². The van der Waals surface area contributed by atoms with Gasteiger partial charge in [0.1, 0.15) is 24.2 Å². The number of Topliss-reactive ketones (excluding diaryl/α,β-unsaturated/α-hetero) is 1. The molecule has 186 valence electrons. The number of aliphatic hydroxyl groups excluding tert-OH is 1. The monoisotopic (exact) mass is 478 g/mol. The van der Waals surface area contributed by atoms with Crippen molar-refractivity contribution in [2.75, 3.05) is 19.7 Å². The molecule has 35 heavy (non-hydrogen) atoms. The van der Waals surface area contributed by atoms with E-state index in [1.807, 2.05) is 42.5 Å². The lowest BCUT2D eigenvalue weighted by atomic mass is 10.0. The molecular weight excluding hydrogens is 444 g/mol. The molecule has 0 aliphatic heterocycles. The van der Waals surface area contributed by atoms with Crippen LogP contribution >= 0.6 is 0 Å². The maximum atomic E-state index is 12.5. The normalized spacial score (nSPS) is 11.1. The number of aryl methyl sites for hydroxylation is 1. The van der Waals surface area contributed by atoms with Crippen LogP contribution in [0.2, 0.25) is 0 Å². The summed E-state index contributed by atoms with van der Waals surface area (Å²) in [4.78, 5) is 23.0. The summed E-state index contributed by atoms with van der Waals surface area (Å²) in [5.74, 6) is -0.0961. The minimum Gasteiger partial charge on any atom is -0.507 e. The molecule has 1 amide bonds. The summed E-state index contributed by atoms with van der Waals surface area (Å²) < 4.78 is 5.69. The van der Waals surface area contributed by atoms with Crippen LogP contribution in [0.3, 0.4) is 0 Å². The third-order valence-corrected chi connectivity index (χ3v) is 5.08. The Hall–Kier alpha value is -3.68. The van der Waals surface area contributed by atoms with Crippen molar-refractivity contribution < 1.29 is 24.5 Å². The van der Waals surface area contributed by atoms with Crippen molar-refractivity contribution in [3.05, 3.63) is 95.6 Å². The second kappa shape index (κ2) is 15.3. The second-order valence-electron chi connectivity index (χ2n) is 7.96. The van der Waals surface area contributed by atoms with Gasteiger partial charge in [0.15, 0.2) is 5.78 Å². The van der Waals surface area contributed by atoms with Gasteiger partial charge in [0.2, 0.25) is 0 Å². The Balaban J connectivity index is 0.000000360. The number of aromatic hydroxyl groups is 1. The molecule has 3 aromatic carbocycles. The van der Waals surface area contributed by atoms with E-state index in [1.165, 1.54) is 12.1 Å². The number of amides is 1. The number of ketones is 1. The number of benzene rings is 3. The molecule has 7 heteroatoms. The van der Waals surface area contributed by atoms with Crippen LogP contribution in [-0.4, -0.2) is 47.7 Å². The molecule has 0 radical (unpaired) electrons. The number of para-hydroxylation sites is 2. The molecule has 0 bridgehead atoms. The highest BCUT2D eigenvalue weighted by molar-refractivity contribution is 5.98. The van der Waals surface area contributed by atoms with Crippen LogP contribution < -0.4 is 15.8 Å². The van der Waals surface area contributed by atoms with E-state index in [1.54, 1.807) is 24.3 Å². The van der Waals surface area contributed by atoms with Crippen LogP contribution in [-0.2, 0) is 6.42 Å². The van der Waals surface area contributed by atoms with Crippen molar-refractivity contribution in [3.63, 3.8) is 0 Å². The third kappa shape index (κ3) is 10.00. The number of phenols is 1. The Morgan fingerprint density at radius 1 is 0.943 bits per heavy atom.